The Labute approximate surface area is 141 Å². The molecule has 0 spiro atoms. The Kier molecular flexibility index (Phi) is 5.81. The number of ether oxygens (including phenoxy) is 1. The largest absolute Gasteiger partial charge is 0.462 e. The molecule has 1 aliphatic rings. The number of nitrogens with one attached hydrogen (secondary N) is 1. The molecule has 8 heteroatoms. The van der Waals surface area contributed by atoms with Gasteiger partial charge in [-0.1, -0.05) is 6.92 Å². The predicted molar refractivity (Wildman–Crippen MR) is 80.9 cm³/mol. The first-order valence-electron chi connectivity index (χ1n) is 7.86. The highest BCUT2D eigenvalue weighted by Crippen LogP contribution is 2.27. The van der Waals surface area contributed by atoms with Crippen molar-refractivity contribution in [1.29, 1.82) is 0 Å². The third kappa shape index (κ3) is 3.83. The Morgan fingerprint density at radius 1 is 1.08 bits per heavy atom. The molecule has 0 saturated heterocycles. The van der Waals surface area contributed by atoms with Crippen LogP contribution in [-0.2, 0) is 16.0 Å². The number of rotatable bonds is 7. The molecule has 1 aromatic rings. The maximum atomic E-state index is 14.2. The average Bonchev–Trinajstić information content (AvgIpc) is 3.40. The minimum Gasteiger partial charge on any atom is -0.462 e. The van der Waals surface area contributed by atoms with Gasteiger partial charge in [-0.15, -0.1) is 0 Å². The molecule has 0 heterocycles. The quantitative estimate of drug-likeness (QED) is 0.119. The molecule has 0 radical (unpaired) electrons. The molecule has 136 valence electrons. The summed E-state index contributed by atoms with van der Waals surface area (Å²) in [6.45, 7) is 2.80. The number of hydrogen-bond donors (Lipinski definition) is 1. The number of ketones is 1. The van der Waals surface area contributed by atoms with Crippen LogP contribution in [0, 0.1) is 23.3 Å². The Morgan fingerprint density at radius 3 is 2.20 bits per heavy atom. The summed E-state index contributed by atoms with van der Waals surface area (Å²) in [6, 6.07) is 0.0643. The molecule has 1 fully saturated rings. The van der Waals surface area contributed by atoms with Gasteiger partial charge >= 0.3 is 5.97 Å². The van der Waals surface area contributed by atoms with E-state index in [1.54, 1.807) is 0 Å². The third-order valence-electron chi connectivity index (χ3n) is 3.73. The first-order chi connectivity index (χ1) is 11.8. The first kappa shape index (κ1) is 19.0. The second-order valence-electron chi connectivity index (χ2n) is 5.51. The van der Waals surface area contributed by atoms with Crippen molar-refractivity contribution in [3.63, 3.8) is 0 Å². The molecule has 0 aliphatic heterocycles. The summed E-state index contributed by atoms with van der Waals surface area (Å²) in [7, 11) is 0. The van der Waals surface area contributed by atoms with Crippen LogP contribution >= 0.6 is 0 Å². The number of carbonyl (C=O) groups is 2. The van der Waals surface area contributed by atoms with Gasteiger partial charge in [0.05, 0.1) is 12.2 Å². The molecule has 1 N–H and O–H groups in total. The molecular weight excluding hydrogens is 342 g/mol. The first-order valence-corrected chi connectivity index (χ1v) is 7.86. The van der Waals surface area contributed by atoms with E-state index in [0.29, 0.717) is 0 Å². The summed E-state index contributed by atoms with van der Waals surface area (Å²) in [5, 5.41) is 2.78. The van der Waals surface area contributed by atoms with E-state index in [-0.39, 0.29) is 19.1 Å². The van der Waals surface area contributed by atoms with E-state index in [1.807, 2.05) is 0 Å². The third-order valence-corrected chi connectivity index (χ3v) is 3.73. The van der Waals surface area contributed by atoms with Crippen LogP contribution in [0.5, 0.6) is 0 Å². The fourth-order valence-electron chi connectivity index (χ4n) is 2.26. The van der Waals surface area contributed by atoms with Crippen molar-refractivity contribution >= 4 is 11.8 Å². The molecular formula is C17H17F4NO3. The van der Waals surface area contributed by atoms with Crippen LogP contribution in [0.15, 0.2) is 11.8 Å². The lowest BCUT2D eigenvalue weighted by Gasteiger charge is -2.13. The molecule has 1 saturated carbocycles. The van der Waals surface area contributed by atoms with E-state index in [9.17, 15) is 27.2 Å². The van der Waals surface area contributed by atoms with Gasteiger partial charge in [0, 0.05) is 17.8 Å². The zero-order chi connectivity index (χ0) is 18.7. The number of carbonyl (C=O) groups excluding carboxylic acids is 2. The van der Waals surface area contributed by atoms with Crippen molar-refractivity contribution in [2.45, 2.75) is 39.2 Å². The maximum Gasteiger partial charge on any atom is 0.343 e. The topological polar surface area (TPSA) is 55.4 Å². The molecule has 0 unspecified atom stereocenters. The van der Waals surface area contributed by atoms with E-state index in [2.05, 4.69) is 5.32 Å². The Hall–Kier alpha value is -2.38. The normalized spacial score (nSPS) is 14.4. The molecule has 0 aromatic heterocycles. The highest BCUT2D eigenvalue weighted by atomic mass is 19.2. The van der Waals surface area contributed by atoms with E-state index >= 15 is 0 Å². The summed E-state index contributed by atoms with van der Waals surface area (Å²) in [5.41, 5.74) is -2.24. The van der Waals surface area contributed by atoms with Crippen molar-refractivity contribution in [1.82, 2.24) is 5.32 Å². The van der Waals surface area contributed by atoms with Gasteiger partial charge in [0.2, 0.25) is 5.78 Å². The number of halogens is 4. The van der Waals surface area contributed by atoms with Gasteiger partial charge in [0.25, 0.3) is 0 Å². The summed E-state index contributed by atoms with van der Waals surface area (Å²) < 4.78 is 59.8. The van der Waals surface area contributed by atoms with Crippen LogP contribution in [0.25, 0.3) is 0 Å². The summed E-state index contributed by atoms with van der Waals surface area (Å²) in [5.74, 6) is -9.91. The summed E-state index contributed by atoms with van der Waals surface area (Å²) in [4.78, 5) is 24.6. The van der Waals surface area contributed by atoms with Crippen molar-refractivity contribution in [2.75, 3.05) is 6.61 Å². The number of hydrogen-bond acceptors (Lipinski definition) is 4. The van der Waals surface area contributed by atoms with Crippen molar-refractivity contribution in [2.24, 2.45) is 0 Å². The van der Waals surface area contributed by atoms with Gasteiger partial charge in [0.1, 0.15) is 5.57 Å². The van der Waals surface area contributed by atoms with Crippen molar-refractivity contribution in [3.8, 4) is 0 Å². The molecule has 2 rings (SSSR count). The molecule has 0 amide bonds. The van der Waals surface area contributed by atoms with Crippen molar-refractivity contribution < 1.29 is 31.9 Å². The lowest BCUT2D eigenvalue weighted by Crippen LogP contribution is -2.23. The Bertz CT molecular complexity index is 742. The minimum atomic E-state index is -2.10. The fourth-order valence-corrected chi connectivity index (χ4v) is 2.26. The van der Waals surface area contributed by atoms with Crippen LogP contribution in [0.4, 0.5) is 17.6 Å². The molecule has 0 bridgehead atoms. The Morgan fingerprint density at radius 2 is 1.68 bits per heavy atom. The minimum absolute atomic E-state index is 0.0534. The molecule has 0 atom stereocenters. The lowest BCUT2D eigenvalue weighted by atomic mass is 9.95. The molecule has 1 aromatic carbocycles. The molecule has 25 heavy (non-hydrogen) atoms. The second kappa shape index (κ2) is 7.67. The highest BCUT2D eigenvalue weighted by molar-refractivity contribution is 6.24. The zero-order valence-corrected chi connectivity index (χ0v) is 13.7. The lowest BCUT2D eigenvalue weighted by molar-refractivity contribution is -0.138. The van der Waals surface area contributed by atoms with E-state index in [0.717, 1.165) is 19.0 Å². The van der Waals surface area contributed by atoms with Gasteiger partial charge in [0.15, 0.2) is 23.3 Å². The van der Waals surface area contributed by atoms with E-state index in [4.69, 9.17) is 4.74 Å². The van der Waals surface area contributed by atoms with Crippen LogP contribution in [-0.4, -0.2) is 24.4 Å². The van der Waals surface area contributed by atoms with Crippen LogP contribution in [0.3, 0.4) is 0 Å². The summed E-state index contributed by atoms with van der Waals surface area (Å²) >= 11 is 0. The van der Waals surface area contributed by atoms with Gasteiger partial charge in [-0.3, -0.25) is 4.79 Å². The smallest absolute Gasteiger partial charge is 0.343 e. The number of Topliss-reactive ketones (excluding diaryl/α,β-unsaturated/α-hetero) is 1. The Balaban J connectivity index is 2.55. The molecule has 1 aliphatic carbocycles. The van der Waals surface area contributed by atoms with E-state index in [1.165, 1.54) is 13.8 Å². The SMILES string of the molecule is CCOC(=O)C(=CNC1CC1)C(=O)c1c(F)c(F)c(F)c(F)c1CC. The maximum absolute atomic E-state index is 14.2. The highest BCUT2D eigenvalue weighted by Gasteiger charge is 2.32. The average molecular weight is 359 g/mol. The second-order valence-corrected chi connectivity index (χ2v) is 5.51. The van der Waals surface area contributed by atoms with Gasteiger partial charge in [-0.2, -0.15) is 0 Å². The van der Waals surface area contributed by atoms with E-state index < -0.39 is 51.7 Å². The van der Waals surface area contributed by atoms with Gasteiger partial charge in [-0.05, 0) is 26.2 Å². The molecule has 4 nitrogen and oxygen atoms in total. The number of esters is 1. The van der Waals surface area contributed by atoms with Gasteiger partial charge < -0.3 is 10.1 Å². The fraction of sp³-hybridized carbons (Fsp3) is 0.412. The standard InChI is InChI=1S/C17H17F4NO3/c1-3-9-11(13(19)15(21)14(20)12(9)18)16(23)10(17(24)25-4-2)7-22-8-5-6-8/h7-8,22H,3-6H2,1-2H3. The van der Waals surface area contributed by atoms with Gasteiger partial charge in [-0.25, -0.2) is 22.4 Å². The van der Waals surface area contributed by atoms with Crippen molar-refractivity contribution in [3.05, 3.63) is 46.2 Å². The number of benzene rings is 1. The zero-order valence-electron chi connectivity index (χ0n) is 13.7. The van der Waals surface area contributed by atoms with Crippen LogP contribution < -0.4 is 5.32 Å². The van der Waals surface area contributed by atoms with Crippen LogP contribution in [0.2, 0.25) is 0 Å². The monoisotopic (exact) mass is 359 g/mol. The summed E-state index contributed by atoms with van der Waals surface area (Å²) in [6.07, 6.45) is 2.44. The van der Waals surface area contributed by atoms with Crippen LogP contribution in [0.1, 0.15) is 42.6 Å². The predicted octanol–water partition coefficient (Wildman–Crippen LogP) is 3.19.